The third kappa shape index (κ3) is 5.97. The number of methoxy groups -OCH3 is 1. The molecule has 1 atom stereocenters. The van der Waals surface area contributed by atoms with Crippen LogP contribution in [0.5, 0.6) is 5.75 Å². The minimum Gasteiger partial charge on any atom is -0.497 e. The van der Waals surface area contributed by atoms with Crippen LogP contribution in [0.25, 0.3) is 0 Å². The second-order valence-corrected chi connectivity index (χ2v) is 7.71. The predicted octanol–water partition coefficient (Wildman–Crippen LogP) is 2.22. The molecule has 27 heavy (non-hydrogen) atoms. The van der Waals surface area contributed by atoms with Crippen molar-refractivity contribution in [1.29, 1.82) is 0 Å². The van der Waals surface area contributed by atoms with Crippen LogP contribution in [0.15, 0.2) is 53.4 Å². The molecular weight excluding hydrogens is 366 g/mol. The van der Waals surface area contributed by atoms with Crippen LogP contribution in [0, 0.1) is 0 Å². The number of carbonyl (C=O) groups is 1. The van der Waals surface area contributed by atoms with Gasteiger partial charge in [-0.15, -0.1) is 0 Å². The Bertz CT molecular complexity index is 867. The largest absolute Gasteiger partial charge is 0.497 e. The van der Waals surface area contributed by atoms with Crippen molar-refractivity contribution in [2.24, 2.45) is 0 Å². The lowest BCUT2D eigenvalue weighted by Crippen LogP contribution is -2.38. The van der Waals surface area contributed by atoms with Crippen LogP contribution < -0.4 is 20.1 Å². The Morgan fingerprint density at radius 2 is 1.85 bits per heavy atom. The number of anilines is 1. The zero-order valence-corrected chi connectivity index (χ0v) is 16.5. The molecule has 0 aliphatic rings. The van der Waals surface area contributed by atoms with E-state index >= 15 is 0 Å². The fraction of sp³-hybridized carbons (Fsp3) is 0.316. The van der Waals surface area contributed by atoms with E-state index in [4.69, 9.17) is 4.74 Å². The number of likely N-dealkylation sites (N-methyl/N-ethyl adjacent to an activating group) is 1. The van der Waals surface area contributed by atoms with Gasteiger partial charge in [-0.05, 0) is 55.9 Å². The molecule has 2 aromatic rings. The van der Waals surface area contributed by atoms with Crippen LogP contribution >= 0.6 is 0 Å². The Kier molecular flexibility index (Phi) is 7.20. The van der Waals surface area contributed by atoms with Crippen molar-refractivity contribution in [3.05, 3.63) is 54.1 Å². The van der Waals surface area contributed by atoms with Gasteiger partial charge in [0, 0.05) is 23.8 Å². The van der Waals surface area contributed by atoms with Gasteiger partial charge in [0.15, 0.2) is 0 Å². The average molecular weight is 391 g/mol. The molecule has 1 amide bonds. The summed E-state index contributed by atoms with van der Waals surface area (Å²) in [6.07, 6.45) is 0. The second kappa shape index (κ2) is 9.38. The molecule has 0 saturated carbocycles. The summed E-state index contributed by atoms with van der Waals surface area (Å²) in [5, 5.41) is 5.99. The first kappa shape index (κ1) is 20.7. The molecule has 0 aliphatic carbocycles. The van der Waals surface area contributed by atoms with Crippen molar-refractivity contribution in [3.8, 4) is 5.75 Å². The average Bonchev–Trinajstić information content (AvgIpc) is 2.67. The third-order valence-corrected chi connectivity index (χ3v) is 5.25. The van der Waals surface area contributed by atoms with E-state index in [-0.39, 0.29) is 22.4 Å². The second-order valence-electron chi connectivity index (χ2n) is 6.03. The molecule has 0 aliphatic heterocycles. The van der Waals surface area contributed by atoms with E-state index in [1.165, 1.54) is 19.2 Å². The molecule has 146 valence electrons. The Morgan fingerprint density at radius 1 is 1.15 bits per heavy atom. The van der Waals surface area contributed by atoms with Crippen molar-refractivity contribution >= 4 is 21.6 Å². The molecule has 0 unspecified atom stereocenters. The standard InChI is InChI=1S/C19H25N3O4S/c1-4-20-14(2)13-21-19(23)15-6-5-7-18(12-15)27(24,25)22-16-8-10-17(26-3)11-9-16/h5-12,14,20,22H,4,13H2,1-3H3,(H,21,23)/t14-/m1/s1. The molecule has 3 N–H and O–H groups in total. The van der Waals surface area contributed by atoms with Gasteiger partial charge in [-0.1, -0.05) is 13.0 Å². The minimum atomic E-state index is -3.81. The maximum absolute atomic E-state index is 12.6. The Balaban J connectivity index is 2.11. The van der Waals surface area contributed by atoms with Crippen LogP contribution in [0.1, 0.15) is 24.2 Å². The molecule has 0 aromatic heterocycles. The van der Waals surface area contributed by atoms with Crippen LogP contribution in [0.2, 0.25) is 0 Å². The van der Waals surface area contributed by atoms with Gasteiger partial charge in [-0.25, -0.2) is 8.42 Å². The van der Waals surface area contributed by atoms with Crippen molar-refractivity contribution in [2.75, 3.05) is 24.9 Å². The molecule has 0 radical (unpaired) electrons. The maximum atomic E-state index is 12.6. The summed E-state index contributed by atoms with van der Waals surface area (Å²) in [4.78, 5) is 12.3. The summed E-state index contributed by atoms with van der Waals surface area (Å²) < 4.78 is 32.7. The molecule has 2 rings (SSSR count). The maximum Gasteiger partial charge on any atom is 0.261 e. The molecule has 0 fully saturated rings. The fourth-order valence-corrected chi connectivity index (χ4v) is 3.55. The lowest BCUT2D eigenvalue weighted by molar-refractivity contribution is 0.0950. The first-order valence-corrected chi connectivity index (χ1v) is 10.1. The van der Waals surface area contributed by atoms with Gasteiger partial charge < -0.3 is 15.4 Å². The van der Waals surface area contributed by atoms with E-state index in [2.05, 4.69) is 15.4 Å². The van der Waals surface area contributed by atoms with Gasteiger partial charge in [0.1, 0.15) is 5.75 Å². The molecule has 8 heteroatoms. The van der Waals surface area contributed by atoms with Gasteiger partial charge in [0.05, 0.1) is 12.0 Å². The lowest BCUT2D eigenvalue weighted by atomic mass is 10.2. The van der Waals surface area contributed by atoms with Crippen LogP contribution in [-0.2, 0) is 10.0 Å². The summed E-state index contributed by atoms with van der Waals surface area (Å²) in [6.45, 7) is 5.21. The van der Waals surface area contributed by atoms with E-state index in [9.17, 15) is 13.2 Å². The van der Waals surface area contributed by atoms with Crippen molar-refractivity contribution < 1.29 is 17.9 Å². The highest BCUT2D eigenvalue weighted by Crippen LogP contribution is 2.20. The van der Waals surface area contributed by atoms with Gasteiger partial charge in [-0.2, -0.15) is 0 Å². The highest BCUT2D eigenvalue weighted by atomic mass is 32.2. The molecule has 0 heterocycles. The Morgan fingerprint density at radius 3 is 2.48 bits per heavy atom. The number of nitrogens with one attached hydrogen (secondary N) is 3. The van der Waals surface area contributed by atoms with Crippen molar-refractivity contribution in [1.82, 2.24) is 10.6 Å². The Labute approximate surface area is 160 Å². The van der Waals surface area contributed by atoms with E-state index < -0.39 is 10.0 Å². The van der Waals surface area contributed by atoms with E-state index in [0.717, 1.165) is 6.54 Å². The van der Waals surface area contributed by atoms with Gasteiger partial charge in [0.2, 0.25) is 0 Å². The van der Waals surface area contributed by atoms with Gasteiger partial charge in [0.25, 0.3) is 15.9 Å². The number of rotatable bonds is 9. The quantitative estimate of drug-likeness (QED) is 0.609. The number of benzene rings is 2. The van der Waals surface area contributed by atoms with E-state index in [0.29, 0.717) is 18.0 Å². The van der Waals surface area contributed by atoms with Gasteiger partial charge >= 0.3 is 0 Å². The summed E-state index contributed by atoms with van der Waals surface area (Å²) in [7, 11) is -2.28. The number of carbonyl (C=O) groups excluding carboxylic acids is 1. The number of ether oxygens (including phenoxy) is 1. The lowest BCUT2D eigenvalue weighted by Gasteiger charge is -2.14. The first-order valence-electron chi connectivity index (χ1n) is 8.64. The minimum absolute atomic E-state index is 0.0192. The molecule has 2 aromatic carbocycles. The van der Waals surface area contributed by atoms with E-state index in [1.54, 1.807) is 36.4 Å². The number of amides is 1. The molecular formula is C19H25N3O4S. The van der Waals surface area contributed by atoms with Crippen molar-refractivity contribution in [3.63, 3.8) is 0 Å². The number of sulfonamides is 1. The predicted molar refractivity (Wildman–Crippen MR) is 106 cm³/mol. The zero-order valence-electron chi connectivity index (χ0n) is 15.7. The van der Waals surface area contributed by atoms with Crippen LogP contribution in [0.4, 0.5) is 5.69 Å². The summed E-state index contributed by atoms with van der Waals surface area (Å²) in [5.41, 5.74) is 0.696. The highest BCUT2D eigenvalue weighted by molar-refractivity contribution is 7.92. The van der Waals surface area contributed by atoms with Crippen LogP contribution in [0.3, 0.4) is 0 Å². The SMILES string of the molecule is CCN[C@H](C)CNC(=O)c1cccc(S(=O)(=O)Nc2ccc(OC)cc2)c1. The number of hydrogen-bond acceptors (Lipinski definition) is 5. The van der Waals surface area contributed by atoms with Crippen LogP contribution in [-0.4, -0.2) is 40.6 Å². The molecule has 0 spiro atoms. The summed E-state index contributed by atoms with van der Waals surface area (Å²) in [6, 6.07) is 12.6. The van der Waals surface area contributed by atoms with E-state index in [1.807, 2.05) is 13.8 Å². The normalized spacial score (nSPS) is 12.3. The third-order valence-electron chi connectivity index (χ3n) is 3.87. The summed E-state index contributed by atoms with van der Waals surface area (Å²) >= 11 is 0. The Hall–Kier alpha value is -2.58. The number of hydrogen-bond donors (Lipinski definition) is 3. The van der Waals surface area contributed by atoms with Crippen molar-refractivity contribution in [2.45, 2.75) is 24.8 Å². The summed E-state index contributed by atoms with van der Waals surface area (Å²) in [5.74, 6) is 0.310. The zero-order chi connectivity index (χ0) is 19.9. The highest BCUT2D eigenvalue weighted by Gasteiger charge is 2.17. The topological polar surface area (TPSA) is 96.5 Å². The molecule has 0 bridgehead atoms. The fourth-order valence-electron chi connectivity index (χ4n) is 2.45. The monoisotopic (exact) mass is 391 g/mol. The smallest absolute Gasteiger partial charge is 0.261 e. The van der Waals surface area contributed by atoms with Gasteiger partial charge in [-0.3, -0.25) is 9.52 Å². The molecule has 7 nitrogen and oxygen atoms in total. The molecule has 0 saturated heterocycles. The first-order chi connectivity index (χ1) is 12.9.